The number of halogens is 1. The number of hydrogen-bond donors (Lipinski definition) is 1. The van der Waals surface area contributed by atoms with Crippen molar-refractivity contribution >= 4 is 22.0 Å². The zero-order chi connectivity index (χ0) is 17.5. The highest BCUT2D eigenvalue weighted by Crippen LogP contribution is 2.46. The molecule has 2 saturated heterocycles. The monoisotopic (exact) mass is 396 g/mol. The molecule has 5 nitrogen and oxygen atoms in total. The van der Waals surface area contributed by atoms with E-state index in [1.54, 1.807) is 6.20 Å². The maximum atomic E-state index is 12.6. The second kappa shape index (κ2) is 6.30. The van der Waals surface area contributed by atoms with E-state index in [4.69, 9.17) is 4.74 Å². The Labute approximate surface area is 151 Å². The number of carbonyl (C=O) groups is 1. The van der Waals surface area contributed by atoms with Crippen molar-refractivity contribution in [1.82, 2.24) is 9.88 Å². The summed E-state index contributed by atoms with van der Waals surface area (Å²) >= 11 is 3.45. The van der Waals surface area contributed by atoms with Gasteiger partial charge < -0.3 is 14.7 Å². The Morgan fingerprint density at radius 1 is 1.38 bits per heavy atom. The first-order valence-electron chi connectivity index (χ1n) is 8.54. The Kier molecular flexibility index (Phi) is 4.64. The Bertz CT molecular complexity index is 615. The van der Waals surface area contributed by atoms with Gasteiger partial charge in [0.15, 0.2) is 0 Å². The number of carbonyl (C=O) groups excluding carboxylic acids is 1. The Morgan fingerprint density at radius 2 is 2.00 bits per heavy atom. The van der Waals surface area contributed by atoms with Gasteiger partial charge in [-0.15, -0.1) is 0 Å². The molecule has 1 N–H and O–H groups in total. The van der Waals surface area contributed by atoms with Crippen LogP contribution in [-0.2, 0) is 10.3 Å². The number of nitrogens with zero attached hydrogens (tertiary/aromatic N) is 2. The summed E-state index contributed by atoms with van der Waals surface area (Å²) in [5.74, 6) is 0. The number of piperidine rings is 2. The summed E-state index contributed by atoms with van der Waals surface area (Å²) in [5, 5.41) is 11.3. The topological polar surface area (TPSA) is 62.7 Å². The number of hydrogen-bond acceptors (Lipinski definition) is 4. The molecule has 1 amide bonds. The summed E-state index contributed by atoms with van der Waals surface area (Å²) in [7, 11) is 0. The minimum atomic E-state index is -0.957. The molecule has 0 saturated carbocycles. The number of rotatable bonds is 1. The number of aliphatic hydroxyl groups is 1. The maximum absolute atomic E-state index is 12.6. The van der Waals surface area contributed by atoms with Crippen LogP contribution >= 0.6 is 15.9 Å². The molecule has 2 unspecified atom stereocenters. The molecule has 0 aliphatic carbocycles. The molecule has 2 atom stereocenters. The molecule has 2 aliphatic heterocycles. The van der Waals surface area contributed by atoms with E-state index >= 15 is 0 Å². The molecule has 3 heterocycles. The molecule has 132 valence electrons. The zero-order valence-corrected chi connectivity index (χ0v) is 16.0. The number of pyridine rings is 1. The molecule has 0 spiro atoms. The average Bonchev–Trinajstić information content (AvgIpc) is 2.44. The van der Waals surface area contributed by atoms with Gasteiger partial charge in [-0.1, -0.05) is 6.07 Å². The van der Waals surface area contributed by atoms with Crippen molar-refractivity contribution in [3.8, 4) is 0 Å². The van der Waals surface area contributed by atoms with Crippen molar-refractivity contribution in [3.05, 3.63) is 28.5 Å². The number of aromatic nitrogens is 1. The highest BCUT2D eigenvalue weighted by atomic mass is 79.9. The highest BCUT2D eigenvalue weighted by molar-refractivity contribution is 9.10. The van der Waals surface area contributed by atoms with Crippen molar-refractivity contribution in [3.63, 3.8) is 0 Å². The maximum Gasteiger partial charge on any atom is 0.410 e. The van der Waals surface area contributed by atoms with Gasteiger partial charge in [0.2, 0.25) is 0 Å². The lowest BCUT2D eigenvalue weighted by molar-refractivity contribution is -0.0970. The van der Waals surface area contributed by atoms with Crippen LogP contribution in [0.3, 0.4) is 0 Å². The van der Waals surface area contributed by atoms with E-state index < -0.39 is 11.2 Å². The van der Waals surface area contributed by atoms with Crippen LogP contribution in [-0.4, -0.2) is 38.8 Å². The second-order valence-electron chi connectivity index (χ2n) is 7.91. The van der Waals surface area contributed by atoms with Gasteiger partial charge in [-0.2, -0.15) is 0 Å². The van der Waals surface area contributed by atoms with E-state index in [0.717, 1.165) is 24.8 Å². The van der Waals surface area contributed by atoms with E-state index in [1.165, 1.54) is 0 Å². The predicted octanol–water partition coefficient (Wildman–Crippen LogP) is 3.98. The van der Waals surface area contributed by atoms with Crippen molar-refractivity contribution in [2.24, 2.45) is 0 Å². The Hall–Kier alpha value is -1.14. The fraction of sp³-hybridized carbons (Fsp3) is 0.667. The highest BCUT2D eigenvalue weighted by Gasteiger charge is 2.49. The average molecular weight is 397 g/mol. The van der Waals surface area contributed by atoms with Gasteiger partial charge >= 0.3 is 6.09 Å². The van der Waals surface area contributed by atoms with Gasteiger partial charge in [0.1, 0.15) is 10.2 Å². The van der Waals surface area contributed by atoms with Crippen LogP contribution in [0.15, 0.2) is 22.9 Å². The summed E-state index contributed by atoms with van der Waals surface area (Å²) in [6, 6.07) is 3.76. The quantitative estimate of drug-likeness (QED) is 0.729. The summed E-state index contributed by atoms with van der Waals surface area (Å²) < 4.78 is 6.27. The molecule has 2 aliphatic rings. The summed E-state index contributed by atoms with van der Waals surface area (Å²) in [6.45, 7) is 5.65. The Morgan fingerprint density at radius 3 is 2.54 bits per heavy atom. The molecule has 3 rings (SSSR count). The minimum Gasteiger partial charge on any atom is -0.444 e. The van der Waals surface area contributed by atoms with Crippen molar-refractivity contribution < 1.29 is 14.6 Å². The molecule has 0 radical (unpaired) electrons. The van der Waals surface area contributed by atoms with Gasteiger partial charge in [0.05, 0.1) is 5.60 Å². The van der Waals surface area contributed by atoms with Crippen LogP contribution in [0.1, 0.15) is 58.4 Å². The lowest BCUT2D eigenvalue weighted by Gasteiger charge is -2.51. The van der Waals surface area contributed by atoms with Crippen molar-refractivity contribution in [1.29, 1.82) is 0 Å². The van der Waals surface area contributed by atoms with Gasteiger partial charge in [0, 0.05) is 36.7 Å². The van der Waals surface area contributed by atoms with E-state index in [1.807, 2.05) is 37.8 Å². The molecule has 2 bridgehead atoms. The van der Waals surface area contributed by atoms with Crippen LogP contribution in [0.25, 0.3) is 0 Å². The second-order valence-corrected chi connectivity index (χ2v) is 8.66. The zero-order valence-electron chi connectivity index (χ0n) is 14.5. The number of fused-ring (bicyclic) bond motifs is 2. The summed E-state index contributed by atoms with van der Waals surface area (Å²) in [6.07, 6.45) is 5.36. The predicted molar refractivity (Wildman–Crippen MR) is 94.6 cm³/mol. The largest absolute Gasteiger partial charge is 0.444 e. The Balaban J connectivity index is 1.86. The lowest BCUT2D eigenvalue weighted by Crippen LogP contribution is -2.59. The molecular formula is C18H25BrN2O3. The third-order valence-electron chi connectivity index (χ3n) is 4.87. The standard InChI is InChI=1S/C18H25BrN2O3/c1-17(2,3)24-16(22)21-12-6-4-7-13(21)11-18(23,10-12)14-8-5-9-20-15(14)19/h5,8-9,12-13,23H,4,6-7,10-11H2,1-3H3. The van der Waals surface area contributed by atoms with Gasteiger partial charge in [-0.05, 0) is 62.0 Å². The van der Waals surface area contributed by atoms with Crippen LogP contribution in [0.5, 0.6) is 0 Å². The normalized spacial score (nSPS) is 30.1. The van der Waals surface area contributed by atoms with Crippen LogP contribution in [0.4, 0.5) is 4.79 Å². The van der Waals surface area contributed by atoms with Crippen molar-refractivity contribution in [2.75, 3.05) is 0 Å². The molecule has 2 fully saturated rings. The van der Waals surface area contributed by atoms with Crippen LogP contribution in [0, 0.1) is 0 Å². The van der Waals surface area contributed by atoms with E-state index in [-0.39, 0.29) is 18.2 Å². The number of ether oxygens (including phenoxy) is 1. The third kappa shape index (κ3) is 3.45. The van der Waals surface area contributed by atoms with Gasteiger partial charge in [-0.25, -0.2) is 9.78 Å². The molecular weight excluding hydrogens is 372 g/mol. The lowest BCUT2D eigenvalue weighted by atomic mass is 9.73. The van der Waals surface area contributed by atoms with E-state index in [9.17, 15) is 9.90 Å². The van der Waals surface area contributed by atoms with Gasteiger partial charge in [0.25, 0.3) is 0 Å². The fourth-order valence-corrected chi connectivity index (χ4v) is 4.61. The summed E-state index contributed by atoms with van der Waals surface area (Å²) in [4.78, 5) is 18.8. The summed E-state index contributed by atoms with van der Waals surface area (Å²) in [5.41, 5.74) is -0.655. The SMILES string of the molecule is CC(C)(C)OC(=O)N1C2CCCC1CC(O)(c1cccnc1Br)C2. The first-order chi connectivity index (χ1) is 11.2. The van der Waals surface area contributed by atoms with E-state index in [2.05, 4.69) is 20.9 Å². The minimum absolute atomic E-state index is 0.00413. The fourth-order valence-electron chi connectivity index (χ4n) is 4.00. The smallest absolute Gasteiger partial charge is 0.410 e. The van der Waals surface area contributed by atoms with E-state index in [0.29, 0.717) is 17.4 Å². The van der Waals surface area contributed by atoms with Crippen LogP contribution in [0.2, 0.25) is 0 Å². The third-order valence-corrected chi connectivity index (χ3v) is 5.50. The molecule has 1 aromatic rings. The van der Waals surface area contributed by atoms with Crippen molar-refractivity contribution in [2.45, 2.75) is 76.2 Å². The van der Waals surface area contributed by atoms with Gasteiger partial charge in [-0.3, -0.25) is 0 Å². The molecule has 24 heavy (non-hydrogen) atoms. The number of amides is 1. The molecule has 6 heteroatoms. The van der Waals surface area contributed by atoms with Crippen LogP contribution < -0.4 is 0 Å². The molecule has 1 aromatic heterocycles. The molecule has 0 aromatic carbocycles. The first kappa shape index (κ1) is 17.7. The first-order valence-corrected chi connectivity index (χ1v) is 9.34.